The van der Waals surface area contributed by atoms with E-state index in [0.717, 1.165) is 5.56 Å². The molecule has 0 amide bonds. The second-order valence-corrected chi connectivity index (χ2v) is 4.65. The number of hydrogen-bond donors (Lipinski definition) is 0. The molecule has 0 atom stereocenters. The van der Waals surface area contributed by atoms with Crippen molar-refractivity contribution in [1.29, 1.82) is 0 Å². The minimum atomic E-state index is 0.156. The third-order valence-electron chi connectivity index (χ3n) is 2.09. The van der Waals surface area contributed by atoms with Crippen LogP contribution in [0.15, 0.2) is 24.3 Å². The van der Waals surface area contributed by atoms with Crippen LogP contribution in [-0.2, 0) is 20.8 Å². The average Bonchev–Trinajstić information content (AvgIpc) is 2.14. The van der Waals surface area contributed by atoms with Gasteiger partial charge in [-0.25, -0.2) is 0 Å². The number of rotatable bonds is 3. The molecule has 1 aromatic rings. The first-order valence-electron chi connectivity index (χ1n) is 4.55. The van der Waals surface area contributed by atoms with Gasteiger partial charge in [0.1, 0.15) is 0 Å². The lowest BCUT2D eigenvalue weighted by molar-refractivity contribution is 0.314. The van der Waals surface area contributed by atoms with Crippen molar-refractivity contribution in [2.45, 2.75) is 32.8 Å². The van der Waals surface area contributed by atoms with E-state index in [0.29, 0.717) is 6.61 Å². The van der Waals surface area contributed by atoms with E-state index in [1.165, 1.54) is 5.56 Å². The summed E-state index contributed by atoms with van der Waals surface area (Å²) in [4.78, 5) is 0. The first-order valence-corrected chi connectivity index (χ1v) is 5.21. The normalized spacial score (nSPS) is 11.7. The van der Waals surface area contributed by atoms with Crippen molar-refractivity contribution < 1.29 is 8.74 Å². The molecule has 0 unspecified atom stereocenters. The van der Waals surface area contributed by atoms with Gasteiger partial charge in [-0.05, 0) is 16.5 Å². The Morgan fingerprint density at radius 1 is 1.21 bits per heavy atom. The van der Waals surface area contributed by atoms with Crippen molar-refractivity contribution in [3.05, 3.63) is 35.4 Å². The number of benzene rings is 1. The van der Waals surface area contributed by atoms with Crippen molar-refractivity contribution in [2.75, 3.05) is 0 Å². The Morgan fingerprint density at radius 3 is 2.21 bits per heavy atom. The van der Waals surface area contributed by atoms with Crippen molar-refractivity contribution in [3.8, 4) is 0 Å². The molecule has 0 fully saturated rings. The quantitative estimate of drug-likeness (QED) is 0.716. The third kappa shape index (κ3) is 3.33. The van der Waals surface area contributed by atoms with E-state index in [9.17, 15) is 4.55 Å². The van der Waals surface area contributed by atoms with Crippen LogP contribution in [0.5, 0.6) is 0 Å². The predicted octanol–water partition coefficient (Wildman–Crippen LogP) is 3.49. The topological polar surface area (TPSA) is 29.1 Å². The molecule has 0 N–H and O–H groups in total. The van der Waals surface area contributed by atoms with Crippen LogP contribution in [0.4, 0.5) is 0 Å². The molecule has 0 aromatic heterocycles. The highest BCUT2D eigenvalue weighted by Crippen LogP contribution is 2.22. The minimum absolute atomic E-state index is 0.156. The second kappa shape index (κ2) is 4.82. The average molecular weight is 211 g/mol. The summed E-state index contributed by atoms with van der Waals surface area (Å²) in [5, 5.41) is 0. The summed E-state index contributed by atoms with van der Waals surface area (Å²) in [7, 11) is 0. The summed E-state index contributed by atoms with van der Waals surface area (Å²) in [5.74, 6) is 0. The molecule has 0 aliphatic carbocycles. The Bertz CT molecular complexity index is 274. The highest BCUT2D eigenvalue weighted by molar-refractivity contribution is 7.88. The Hall–Kier alpha value is -0.510. The van der Waals surface area contributed by atoms with Gasteiger partial charge in [0.2, 0.25) is 0 Å². The van der Waals surface area contributed by atoms with E-state index in [2.05, 4.69) is 32.9 Å². The molecule has 1 rings (SSSR count). The molecule has 0 saturated heterocycles. The smallest absolute Gasteiger partial charge is 0.196 e. The Labute approximate surface area is 89.7 Å². The predicted molar refractivity (Wildman–Crippen MR) is 58.2 cm³/mol. The zero-order valence-corrected chi connectivity index (χ0v) is 9.56. The molecule has 0 saturated carbocycles. The largest absolute Gasteiger partial charge is 0.284 e. The minimum Gasteiger partial charge on any atom is -0.284 e. The first-order chi connectivity index (χ1) is 6.54. The Balaban J connectivity index is 2.69. The molecule has 3 heteroatoms. The van der Waals surface area contributed by atoms with Crippen LogP contribution in [0.1, 0.15) is 31.9 Å². The SMILES string of the molecule is CC(C)(C)c1ccc(COS[O])cc1. The fraction of sp³-hybridized carbons (Fsp3) is 0.455. The first kappa shape index (κ1) is 11.6. The maximum atomic E-state index is 10.0. The van der Waals surface area contributed by atoms with Crippen LogP contribution >= 0.6 is 12.3 Å². The molecular weight excluding hydrogens is 196 g/mol. The molecule has 2 nitrogen and oxygen atoms in total. The zero-order chi connectivity index (χ0) is 10.6. The molecule has 1 radical (unpaired) electrons. The van der Waals surface area contributed by atoms with Crippen LogP contribution in [0.25, 0.3) is 0 Å². The second-order valence-electron chi connectivity index (χ2n) is 4.28. The van der Waals surface area contributed by atoms with Gasteiger partial charge >= 0.3 is 0 Å². The van der Waals surface area contributed by atoms with Crippen molar-refractivity contribution >= 4 is 12.3 Å². The lowest BCUT2D eigenvalue weighted by atomic mass is 9.87. The van der Waals surface area contributed by atoms with Crippen molar-refractivity contribution in [3.63, 3.8) is 0 Å². The summed E-state index contributed by atoms with van der Waals surface area (Å²) in [5.41, 5.74) is 2.49. The Morgan fingerprint density at radius 2 is 1.79 bits per heavy atom. The van der Waals surface area contributed by atoms with Gasteiger partial charge in [-0.3, -0.25) is 4.18 Å². The fourth-order valence-electron chi connectivity index (χ4n) is 1.19. The van der Waals surface area contributed by atoms with Crippen molar-refractivity contribution in [2.24, 2.45) is 0 Å². The monoisotopic (exact) mass is 211 g/mol. The van der Waals surface area contributed by atoms with Crippen molar-refractivity contribution in [1.82, 2.24) is 0 Å². The molecule has 77 valence electrons. The van der Waals surface area contributed by atoms with E-state index in [1.807, 2.05) is 12.1 Å². The van der Waals surface area contributed by atoms with Gasteiger partial charge in [-0.15, -0.1) is 4.55 Å². The summed E-state index contributed by atoms with van der Waals surface area (Å²) < 4.78 is 14.7. The summed E-state index contributed by atoms with van der Waals surface area (Å²) in [6.07, 6.45) is 0. The highest BCUT2D eigenvalue weighted by atomic mass is 32.2. The van der Waals surface area contributed by atoms with E-state index in [1.54, 1.807) is 0 Å². The van der Waals surface area contributed by atoms with E-state index in [4.69, 9.17) is 4.18 Å². The van der Waals surface area contributed by atoms with Crippen LogP contribution in [0.2, 0.25) is 0 Å². The van der Waals surface area contributed by atoms with Gasteiger partial charge in [0.05, 0.1) is 6.61 Å². The van der Waals surface area contributed by atoms with Crippen LogP contribution < -0.4 is 0 Å². The molecular formula is C11H15O2S. The summed E-state index contributed by atoms with van der Waals surface area (Å²) in [6, 6.07) is 8.15. The lowest BCUT2D eigenvalue weighted by Crippen LogP contribution is -2.10. The lowest BCUT2D eigenvalue weighted by Gasteiger charge is -2.18. The van der Waals surface area contributed by atoms with Crippen LogP contribution in [-0.4, -0.2) is 0 Å². The summed E-state index contributed by atoms with van der Waals surface area (Å²) in [6.45, 7) is 6.89. The van der Waals surface area contributed by atoms with Gasteiger partial charge in [0, 0.05) is 0 Å². The van der Waals surface area contributed by atoms with E-state index < -0.39 is 0 Å². The highest BCUT2D eigenvalue weighted by Gasteiger charge is 2.12. The zero-order valence-electron chi connectivity index (χ0n) is 8.74. The van der Waals surface area contributed by atoms with Crippen LogP contribution in [0.3, 0.4) is 0 Å². The maximum absolute atomic E-state index is 10.0. The summed E-state index contributed by atoms with van der Waals surface area (Å²) >= 11 is 0.156. The molecule has 1 aromatic carbocycles. The molecule has 14 heavy (non-hydrogen) atoms. The van der Waals surface area contributed by atoms with Crippen LogP contribution in [0, 0.1) is 0 Å². The Kier molecular flexibility index (Phi) is 3.98. The molecule has 0 aliphatic heterocycles. The van der Waals surface area contributed by atoms with Gasteiger partial charge in [0.15, 0.2) is 12.3 Å². The molecule has 0 heterocycles. The van der Waals surface area contributed by atoms with E-state index in [-0.39, 0.29) is 17.7 Å². The van der Waals surface area contributed by atoms with Gasteiger partial charge < -0.3 is 0 Å². The molecule has 0 spiro atoms. The maximum Gasteiger partial charge on any atom is 0.196 e. The fourth-order valence-corrected chi connectivity index (χ4v) is 1.38. The molecule has 0 bridgehead atoms. The van der Waals surface area contributed by atoms with Gasteiger partial charge in [-0.1, -0.05) is 45.0 Å². The standard InChI is InChI=1S/C11H15O2S/c1-11(2,3)10-6-4-9(5-7-10)8-13-14-12/h4-7H,8H2,1-3H3. The number of hydrogen-bond acceptors (Lipinski definition) is 2. The van der Waals surface area contributed by atoms with Gasteiger partial charge in [-0.2, -0.15) is 0 Å². The van der Waals surface area contributed by atoms with E-state index >= 15 is 0 Å². The third-order valence-corrected chi connectivity index (χ3v) is 2.31. The van der Waals surface area contributed by atoms with Gasteiger partial charge in [0.25, 0.3) is 0 Å². The molecule has 0 aliphatic rings.